The molecular weight excluding hydrogens is 331 g/mol. The average Bonchev–Trinajstić information content (AvgIpc) is 2.86. The summed E-state index contributed by atoms with van der Waals surface area (Å²) in [4.78, 5) is 0. The van der Waals surface area contributed by atoms with Gasteiger partial charge >= 0.3 is 0 Å². The first-order valence-corrected chi connectivity index (χ1v) is 9.90. The van der Waals surface area contributed by atoms with Gasteiger partial charge in [0.15, 0.2) is 9.84 Å². The van der Waals surface area contributed by atoms with Gasteiger partial charge in [-0.25, -0.2) is 8.42 Å². The van der Waals surface area contributed by atoms with Crippen molar-refractivity contribution in [3.8, 4) is 5.75 Å². The molecule has 118 valence electrons. The number of rotatable bonds is 7. The Morgan fingerprint density at radius 1 is 1.19 bits per heavy atom. The molecule has 1 aliphatic heterocycles. The van der Waals surface area contributed by atoms with Crippen molar-refractivity contribution >= 4 is 33.0 Å². The SMILES string of the molecule is O=S1(=O)CCC(C(CCl)(CCl)CCOc2ccccc2)C1. The second-order valence-corrected chi connectivity index (χ2v) is 8.40. The van der Waals surface area contributed by atoms with Crippen LogP contribution in [0.3, 0.4) is 0 Å². The van der Waals surface area contributed by atoms with Gasteiger partial charge in [-0.05, 0) is 30.9 Å². The van der Waals surface area contributed by atoms with Crippen LogP contribution in [-0.2, 0) is 9.84 Å². The van der Waals surface area contributed by atoms with E-state index < -0.39 is 9.84 Å². The van der Waals surface area contributed by atoms with Crippen LogP contribution in [0.4, 0.5) is 0 Å². The second kappa shape index (κ2) is 7.21. The molecule has 1 aromatic rings. The highest BCUT2D eigenvalue weighted by molar-refractivity contribution is 7.91. The number of sulfone groups is 1. The van der Waals surface area contributed by atoms with E-state index in [1.54, 1.807) is 0 Å². The first kappa shape index (κ1) is 16.9. The molecule has 0 spiro atoms. The van der Waals surface area contributed by atoms with Crippen molar-refractivity contribution in [1.29, 1.82) is 0 Å². The molecule has 0 bridgehead atoms. The van der Waals surface area contributed by atoms with Crippen LogP contribution in [0.2, 0.25) is 0 Å². The minimum Gasteiger partial charge on any atom is -0.494 e. The quantitative estimate of drug-likeness (QED) is 0.708. The lowest BCUT2D eigenvalue weighted by atomic mass is 9.75. The Kier molecular flexibility index (Phi) is 5.81. The van der Waals surface area contributed by atoms with Crippen molar-refractivity contribution < 1.29 is 13.2 Å². The van der Waals surface area contributed by atoms with Crippen molar-refractivity contribution in [2.24, 2.45) is 11.3 Å². The van der Waals surface area contributed by atoms with Gasteiger partial charge in [0.05, 0.1) is 18.1 Å². The summed E-state index contributed by atoms with van der Waals surface area (Å²) < 4.78 is 29.1. The lowest BCUT2D eigenvalue weighted by molar-refractivity contribution is 0.175. The standard InChI is InChI=1S/C15H20Cl2O3S/c16-11-15(12-17,13-6-9-21(18,19)10-13)7-8-20-14-4-2-1-3-5-14/h1-5,13H,6-12H2. The summed E-state index contributed by atoms with van der Waals surface area (Å²) in [5.74, 6) is 1.97. The predicted molar refractivity (Wildman–Crippen MR) is 87.2 cm³/mol. The van der Waals surface area contributed by atoms with Crippen molar-refractivity contribution in [2.75, 3.05) is 29.9 Å². The van der Waals surface area contributed by atoms with Gasteiger partial charge < -0.3 is 4.74 Å². The molecule has 1 aliphatic rings. The maximum atomic E-state index is 11.7. The molecule has 1 heterocycles. The molecular formula is C15H20Cl2O3S. The molecule has 1 aromatic carbocycles. The fourth-order valence-electron chi connectivity index (χ4n) is 2.76. The molecule has 0 saturated carbocycles. The van der Waals surface area contributed by atoms with Crippen LogP contribution in [0.1, 0.15) is 12.8 Å². The molecule has 6 heteroatoms. The lowest BCUT2D eigenvalue weighted by Crippen LogP contribution is -2.37. The molecule has 1 unspecified atom stereocenters. The monoisotopic (exact) mass is 350 g/mol. The zero-order valence-corrected chi connectivity index (χ0v) is 14.1. The molecule has 2 rings (SSSR count). The summed E-state index contributed by atoms with van der Waals surface area (Å²) in [5, 5.41) is 0. The van der Waals surface area contributed by atoms with Gasteiger partial charge in [-0.1, -0.05) is 18.2 Å². The molecule has 0 amide bonds. The largest absolute Gasteiger partial charge is 0.494 e. The smallest absolute Gasteiger partial charge is 0.150 e. The molecule has 1 saturated heterocycles. The number of ether oxygens (including phenoxy) is 1. The van der Waals surface area contributed by atoms with E-state index in [-0.39, 0.29) is 22.8 Å². The Bertz CT molecular complexity index is 541. The summed E-state index contributed by atoms with van der Waals surface area (Å²) in [7, 11) is -2.93. The zero-order valence-electron chi connectivity index (χ0n) is 11.8. The number of benzene rings is 1. The number of hydrogen-bond donors (Lipinski definition) is 0. The Balaban J connectivity index is 1.98. The third kappa shape index (κ3) is 4.27. The van der Waals surface area contributed by atoms with Crippen LogP contribution in [0.25, 0.3) is 0 Å². The third-order valence-corrected chi connectivity index (χ3v) is 7.08. The van der Waals surface area contributed by atoms with Gasteiger partial charge in [0.25, 0.3) is 0 Å². The highest BCUT2D eigenvalue weighted by Gasteiger charge is 2.43. The van der Waals surface area contributed by atoms with Crippen LogP contribution >= 0.6 is 23.2 Å². The summed E-state index contributed by atoms with van der Waals surface area (Å²) in [5.41, 5.74) is -0.374. The van der Waals surface area contributed by atoms with Crippen molar-refractivity contribution in [3.63, 3.8) is 0 Å². The van der Waals surface area contributed by atoms with Gasteiger partial charge in [0.2, 0.25) is 0 Å². The maximum Gasteiger partial charge on any atom is 0.150 e. The van der Waals surface area contributed by atoms with E-state index in [0.717, 1.165) is 5.75 Å². The van der Waals surface area contributed by atoms with E-state index >= 15 is 0 Å². The number of alkyl halides is 2. The highest BCUT2D eigenvalue weighted by atomic mass is 35.5. The number of halogens is 2. The third-order valence-electron chi connectivity index (χ3n) is 4.24. The Morgan fingerprint density at radius 2 is 1.86 bits per heavy atom. The fraction of sp³-hybridized carbons (Fsp3) is 0.600. The van der Waals surface area contributed by atoms with Gasteiger partial charge in [-0.3, -0.25) is 0 Å². The van der Waals surface area contributed by atoms with Crippen molar-refractivity contribution in [3.05, 3.63) is 30.3 Å². The van der Waals surface area contributed by atoms with Crippen LogP contribution in [0, 0.1) is 11.3 Å². The topological polar surface area (TPSA) is 43.4 Å². The Labute approximate surface area is 136 Å². The fourth-order valence-corrected chi connectivity index (χ4v) is 5.69. The van der Waals surface area contributed by atoms with Crippen LogP contribution in [0.5, 0.6) is 5.75 Å². The van der Waals surface area contributed by atoms with Crippen molar-refractivity contribution in [1.82, 2.24) is 0 Å². The van der Waals surface area contributed by atoms with Crippen molar-refractivity contribution in [2.45, 2.75) is 12.8 Å². The first-order valence-electron chi connectivity index (χ1n) is 7.01. The molecule has 1 fully saturated rings. The van der Waals surface area contributed by atoms with E-state index in [1.807, 2.05) is 30.3 Å². The minimum atomic E-state index is -2.93. The first-order chi connectivity index (χ1) is 10.0. The summed E-state index contributed by atoms with van der Waals surface area (Å²) in [6, 6.07) is 9.54. The summed E-state index contributed by atoms with van der Waals surface area (Å²) in [6.45, 7) is 0.486. The van der Waals surface area contributed by atoms with Crippen LogP contribution in [0.15, 0.2) is 30.3 Å². The maximum absolute atomic E-state index is 11.7. The van der Waals surface area contributed by atoms with Gasteiger partial charge in [-0.15, -0.1) is 23.2 Å². The van der Waals surface area contributed by atoms with E-state index in [2.05, 4.69) is 0 Å². The van der Waals surface area contributed by atoms with Gasteiger partial charge in [-0.2, -0.15) is 0 Å². The predicted octanol–water partition coefficient (Wildman–Crippen LogP) is 3.35. The molecule has 0 N–H and O–H groups in total. The molecule has 3 nitrogen and oxygen atoms in total. The zero-order chi connectivity index (χ0) is 15.3. The van der Waals surface area contributed by atoms with Crippen LogP contribution < -0.4 is 4.74 Å². The average molecular weight is 351 g/mol. The summed E-state index contributed by atoms with van der Waals surface area (Å²) in [6.07, 6.45) is 1.31. The van der Waals surface area contributed by atoms with E-state index in [1.165, 1.54) is 0 Å². The Hall–Kier alpha value is -0.450. The van der Waals surface area contributed by atoms with E-state index in [4.69, 9.17) is 27.9 Å². The van der Waals surface area contributed by atoms with E-state index in [0.29, 0.717) is 31.2 Å². The molecule has 21 heavy (non-hydrogen) atoms. The number of para-hydroxylation sites is 1. The van der Waals surface area contributed by atoms with Gasteiger partial charge in [0, 0.05) is 17.2 Å². The molecule has 0 aromatic heterocycles. The molecule has 0 radical (unpaired) electrons. The van der Waals surface area contributed by atoms with Crippen LogP contribution in [-0.4, -0.2) is 38.3 Å². The molecule has 1 atom stereocenters. The number of hydrogen-bond acceptors (Lipinski definition) is 3. The minimum absolute atomic E-state index is 0.0249. The van der Waals surface area contributed by atoms with Gasteiger partial charge in [0.1, 0.15) is 5.75 Å². The Morgan fingerprint density at radius 3 is 2.38 bits per heavy atom. The highest BCUT2D eigenvalue weighted by Crippen LogP contribution is 2.41. The normalized spacial score (nSPS) is 21.3. The second-order valence-electron chi connectivity index (χ2n) is 5.64. The lowest BCUT2D eigenvalue weighted by Gasteiger charge is -2.35. The van der Waals surface area contributed by atoms with E-state index in [9.17, 15) is 8.42 Å². The molecule has 0 aliphatic carbocycles. The summed E-state index contributed by atoms with van der Waals surface area (Å²) >= 11 is 12.3.